The third-order valence-corrected chi connectivity index (χ3v) is 4.00. The topological polar surface area (TPSA) is 74.6 Å². The first-order valence-electron chi connectivity index (χ1n) is 6.12. The first kappa shape index (κ1) is 12.2. The predicted molar refractivity (Wildman–Crippen MR) is 76.2 cm³/mol. The molecule has 0 aromatic carbocycles. The van der Waals surface area contributed by atoms with Crippen molar-refractivity contribution in [3.05, 3.63) is 21.8 Å². The van der Waals surface area contributed by atoms with Gasteiger partial charge >= 0.3 is 0 Å². The van der Waals surface area contributed by atoms with Crippen LogP contribution < -0.4 is 5.73 Å². The Morgan fingerprint density at radius 1 is 1.32 bits per heavy atom. The van der Waals surface area contributed by atoms with Crippen molar-refractivity contribution in [2.75, 3.05) is 5.73 Å². The summed E-state index contributed by atoms with van der Waals surface area (Å²) in [7, 11) is 1.92. The summed E-state index contributed by atoms with van der Waals surface area (Å²) in [5.74, 6) is 0.540. The number of fused-ring (bicyclic) bond motifs is 1. The van der Waals surface area contributed by atoms with Crippen LogP contribution in [-0.4, -0.2) is 24.3 Å². The predicted octanol–water partition coefficient (Wildman–Crippen LogP) is 1.67. The number of nitrogen functional groups attached to an aromatic ring is 1. The molecule has 6 nitrogen and oxygen atoms in total. The molecule has 0 aliphatic carbocycles. The minimum Gasteiger partial charge on any atom is -0.369 e. The van der Waals surface area contributed by atoms with Crippen LogP contribution >= 0.6 is 11.3 Å². The average Bonchev–Trinajstić information content (AvgIpc) is 2.97. The third kappa shape index (κ3) is 1.99. The second-order valence-electron chi connectivity index (χ2n) is 4.61. The van der Waals surface area contributed by atoms with Gasteiger partial charge in [0.2, 0.25) is 5.95 Å². The van der Waals surface area contributed by atoms with Crippen LogP contribution in [0.1, 0.15) is 16.4 Å². The Hall–Kier alpha value is -1.89. The number of nitrogens with two attached hydrogens (primary N) is 1. The van der Waals surface area contributed by atoms with Gasteiger partial charge < -0.3 is 5.73 Å². The lowest BCUT2D eigenvalue weighted by atomic mass is 10.3. The molecule has 0 bridgehead atoms. The van der Waals surface area contributed by atoms with Crippen molar-refractivity contribution in [3.63, 3.8) is 0 Å². The highest BCUT2D eigenvalue weighted by atomic mass is 32.1. The summed E-state index contributed by atoms with van der Waals surface area (Å²) in [4.78, 5) is 8.86. The largest absolute Gasteiger partial charge is 0.369 e. The van der Waals surface area contributed by atoms with Crippen LogP contribution in [0, 0.1) is 13.8 Å². The molecule has 100 valence electrons. The van der Waals surface area contributed by atoms with Crippen LogP contribution in [0.4, 0.5) is 5.95 Å². The number of aromatic nitrogens is 5. The zero-order valence-corrected chi connectivity index (χ0v) is 12.0. The van der Waals surface area contributed by atoms with E-state index in [2.05, 4.69) is 20.4 Å². The quantitative estimate of drug-likeness (QED) is 0.789. The molecule has 7 heteroatoms. The second kappa shape index (κ2) is 4.34. The van der Waals surface area contributed by atoms with Gasteiger partial charge in [-0.2, -0.15) is 5.10 Å². The van der Waals surface area contributed by atoms with E-state index < -0.39 is 0 Å². The fourth-order valence-electron chi connectivity index (χ4n) is 2.32. The van der Waals surface area contributed by atoms with Gasteiger partial charge in [0, 0.05) is 25.4 Å². The van der Waals surface area contributed by atoms with E-state index in [0.717, 1.165) is 40.5 Å². The standard InChI is InChI=1S/C12H16N6S/c1-7-10-11(17(3)16-7)18(12(13)15-10)5-4-9-6-19-8(2)14-9/h6H,4-5H2,1-3H3,(H2,13,15). The minimum absolute atomic E-state index is 0.540. The van der Waals surface area contributed by atoms with E-state index in [0.29, 0.717) is 5.95 Å². The van der Waals surface area contributed by atoms with Crippen molar-refractivity contribution in [1.82, 2.24) is 24.3 Å². The van der Waals surface area contributed by atoms with Crippen molar-refractivity contribution < 1.29 is 0 Å². The molecule has 3 aromatic heterocycles. The molecule has 0 unspecified atom stereocenters. The number of hydrogen-bond donors (Lipinski definition) is 1. The van der Waals surface area contributed by atoms with E-state index in [-0.39, 0.29) is 0 Å². The summed E-state index contributed by atoms with van der Waals surface area (Å²) in [5.41, 5.74) is 9.86. The Bertz CT molecular complexity index is 735. The molecule has 0 atom stereocenters. The normalized spacial score (nSPS) is 11.5. The first-order chi connectivity index (χ1) is 9.06. The lowest BCUT2D eigenvalue weighted by molar-refractivity contribution is 0.673. The van der Waals surface area contributed by atoms with Crippen molar-refractivity contribution in [3.8, 4) is 0 Å². The van der Waals surface area contributed by atoms with E-state index >= 15 is 0 Å². The van der Waals surface area contributed by atoms with Gasteiger partial charge in [-0.1, -0.05) is 0 Å². The zero-order valence-electron chi connectivity index (χ0n) is 11.2. The maximum absolute atomic E-state index is 6.00. The number of thiazole rings is 1. The number of nitrogens with zero attached hydrogens (tertiary/aromatic N) is 5. The fourth-order valence-corrected chi connectivity index (χ4v) is 2.97. The zero-order chi connectivity index (χ0) is 13.6. The van der Waals surface area contributed by atoms with Crippen molar-refractivity contribution >= 4 is 28.4 Å². The molecule has 0 spiro atoms. The molecule has 0 aliphatic heterocycles. The summed E-state index contributed by atoms with van der Waals surface area (Å²) in [6.07, 6.45) is 0.851. The van der Waals surface area contributed by atoms with Crippen molar-refractivity contribution in [2.24, 2.45) is 7.05 Å². The Balaban J connectivity index is 1.94. The van der Waals surface area contributed by atoms with Crippen molar-refractivity contribution in [1.29, 1.82) is 0 Å². The SMILES string of the molecule is Cc1nc(CCn2c(N)nc3c(C)nn(C)c32)cs1. The second-order valence-corrected chi connectivity index (χ2v) is 5.67. The van der Waals surface area contributed by atoms with Gasteiger partial charge in [-0.15, -0.1) is 11.3 Å². The minimum atomic E-state index is 0.540. The fraction of sp³-hybridized carbons (Fsp3) is 0.417. The van der Waals surface area contributed by atoms with Crippen LogP contribution in [0.5, 0.6) is 0 Å². The van der Waals surface area contributed by atoms with Crippen LogP contribution in [0.25, 0.3) is 11.2 Å². The molecule has 0 aliphatic rings. The monoisotopic (exact) mass is 276 g/mol. The van der Waals surface area contributed by atoms with Gasteiger partial charge in [-0.05, 0) is 13.8 Å². The molecule has 3 aromatic rings. The summed E-state index contributed by atoms with van der Waals surface area (Å²) in [5, 5.41) is 7.56. The molecule has 3 heterocycles. The van der Waals surface area contributed by atoms with E-state index in [4.69, 9.17) is 5.73 Å². The number of rotatable bonds is 3. The molecule has 0 saturated heterocycles. The number of anilines is 1. The van der Waals surface area contributed by atoms with Crippen molar-refractivity contribution in [2.45, 2.75) is 26.8 Å². The van der Waals surface area contributed by atoms with Gasteiger partial charge in [0.1, 0.15) is 5.52 Å². The maximum Gasteiger partial charge on any atom is 0.202 e. The Morgan fingerprint density at radius 2 is 2.11 bits per heavy atom. The summed E-state index contributed by atoms with van der Waals surface area (Å²) < 4.78 is 3.84. The molecule has 0 saturated carbocycles. The van der Waals surface area contributed by atoms with E-state index in [1.54, 1.807) is 11.3 Å². The van der Waals surface area contributed by atoms with Crippen LogP contribution in [-0.2, 0) is 20.0 Å². The summed E-state index contributed by atoms with van der Waals surface area (Å²) in [6.45, 7) is 4.73. The molecular formula is C12H16N6S. The lowest BCUT2D eigenvalue weighted by Gasteiger charge is -2.05. The van der Waals surface area contributed by atoms with Gasteiger partial charge in [-0.25, -0.2) is 9.97 Å². The Kier molecular flexibility index (Phi) is 2.78. The molecule has 0 amide bonds. The first-order valence-corrected chi connectivity index (χ1v) is 7.00. The highest BCUT2D eigenvalue weighted by molar-refractivity contribution is 7.09. The number of aryl methyl sites for hydroxylation is 5. The summed E-state index contributed by atoms with van der Waals surface area (Å²) >= 11 is 1.67. The van der Waals surface area contributed by atoms with E-state index in [9.17, 15) is 0 Å². The molecule has 3 rings (SSSR count). The number of imidazole rings is 1. The number of hydrogen-bond acceptors (Lipinski definition) is 5. The Labute approximate surface area is 114 Å². The highest BCUT2D eigenvalue weighted by Crippen LogP contribution is 2.21. The van der Waals surface area contributed by atoms with Gasteiger partial charge in [0.05, 0.1) is 16.4 Å². The molecule has 19 heavy (non-hydrogen) atoms. The van der Waals surface area contributed by atoms with Gasteiger partial charge in [0.25, 0.3) is 0 Å². The van der Waals surface area contributed by atoms with Gasteiger partial charge in [0.15, 0.2) is 5.65 Å². The maximum atomic E-state index is 6.00. The molecule has 0 fully saturated rings. The van der Waals surface area contributed by atoms with Crippen LogP contribution in [0.2, 0.25) is 0 Å². The smallest absolute Gasteiger partial charge is 0.202 e. The summed E-state index contributed by atoms with van der Waals surface area (Å²) in [6, 6.07) is 0. The highest BCUT2D eigenvalue weighted by Gasteiger charge is 2.15. The molecule has 0 radical (unpaired) electrons. The molecular weight excluding hydrogens is 260 g/mol. The molecule has 2 N–H and O–H groups in total. The average molecular weight is 276 g/mol. The van der Waals surface area contributed by atoms with Gasteiger partial charge in [-0.3, -0.25) is 9.25 Å². The van der Waals surface area contributed by atoms with E-state index in [1.165, 1.54) is 0 Å². The Morgan fingerprint density at radius 3 is 2.79 bits per heavy atom. The van der Waals surface area contributed by atoms with Crippen LogP contribution in [0.3, 0.4) is 0 Å². The van der Waals surface area contributed by atoms with E-state index in [1.807, 2.05) is 30.1 Å². The lowest BCUT2D eigenvalue weighted by Crippen LogP contribution is -2.09. The van der Waals surface area contributed by atoms with Crippen LogP contribution in [0.15, 0.2) is 5.38 Å². The third-order valence-electron chi connectivity index (χ3n) is 3.18.